The highest BCUT2D eigenvalue weighted by atomic mass is 19.1. The van der Waals surface area contributed by atoms with Gasteiger partial charge < -0.3 is 5.73 Å². The van der Waals surface area contributed by atoms with Crippen molar-refractivity contribution < 1.29 is 9.18 Å². The van der Waals surface area contributed by atoms with E-state index >= 15 is 0 Å². The number of hydrogen-bond acceptors (Lipinski definition) is 2. The average Bonchev–Trinajstić information content (AvgIpc) is 2.36. The normalized spacial score (nSPS) is 10.2. The Bertz CT molecular complexity index is 586. The van der Waals surface area contributed by atoms with Crippen LogP contribution in [0.25, 0.3) is 0 Å². The van der Waals surface area contributed by atoms with E-state index in [4.69, 9.17) is 5.73 Å². The van der Waals surface area contributed by atoms with Crippen LogP contribution in [0.4, 0.5) is 15.0 Å². The molecule has 2 rings (SSSR count). The molecule has 4 nitrogen and oxygen atoms in total. The second-order valence-corrected chi connectivity index (χ2v) is 4.17. The summed E-state index contributed by atoms with van der Waals surface area (Å²) in [6, 6.07) is 9.48. The Kier molecular flexibility index (Phi) is 4.07. The molecule has 0 aliphatic rings. The standard InChI is InChI=1S/C14H14FN3O/c15-12-3-1-2-10(8-12)4-5-11-6-7-17-13(9-11)18-14(16)19/h1-3,6-9H,4-5H2,(H3,16,17,18,19). The largest absolute Gasteiger partial charge is 0.351 e. The van der Waals surface area contributed by atoms with Gasteiger partial charge in [0.2, 0.25) is 0 Å². The lowest BCUT2D eigenvalue weighted by Crippen LogP contribution is -2.20. The summed E-state index contributed by atoms with van der Waals surface area (Å²) in [4.78, 5) is 14.7. The van der Waals surface area contributed by atoms with Crippen LogP contribution in [0.15, 0.2) is 42.6 Å². The molecule has 2 aromatic rings. The van der Waals surface area contributed by atoms with E-state index in [0.29, 0.717) is 5.82 Å². The first-order valence-electron chi connectivity index (χ1n) is 5.89. The number of urea groups is 1. The third kappa shape index (κ3) is 4.06. The van der Waals surface area contributed by atoms with E-state index in [1.807, 2.05) is 12.1 Å². The van der Waals surface area contributed by atoms with Gasteiger partial charge in [0.15, 0.2) is 0 Å². The topological polar surface area (TPSA) is 68.0 Å². The minimum atomic E-state index is -0.644. The zero-order chi connectivity index (χ0) is 13.7. The van der Waals surface area contributed by atoms with Crippen LogP contribution in [-0.2, 0) is 12.8 Å². The molecular formula is C14H14FN3O. The summed E-state index contributed by atoms with van der Waals surface area (Å²) >= 11 is 0. The number of carbonyl (C=O) groups is 1. The lowest BCUT2D eigenvalue weighted by molar-refractivity contribution is 0.259. The van der Waals surface area contributed by atoms with Crippen molar-refractivity contribution in [3.8, 4) is 0 Å². The number of hydrogen-bond donors (Lipinski definition) is 2. The number of anilines is 1. The van der Waals surface area contributed by atoms with Crippen molar-refractivity contribution in [2.75, 3.05) is 5.32 Å². The zero-order valence-corrected chi connectivity index (χ0v) is 10.3. The highest BCUT2D eigenvalue weighted by molar-refractivity contribution is 5.86. The molecule has 3 N–H and O–H groups in total. The van der Waals surface area contributed by atoms with Gasteiger partial charge in [-0.05, 0) is 48.2 Å². The number of halogens is 1. The molecule has 98 valence electrons. The Morgan fingerprint density at radius 2 is 1.95 bits per heavy atom. The van der Waals surface area contributed by atoms with Crippen molar-refractivity contribution in [2.45, 2.75) is 12.8 Å². The molecule has 1 heterocycles. The minimum Gasteiger partial charge on any atom is -0.351 e. The molecule has 0 fully saturated rings. The smallest absolute Gasteiger partial charge is 0.317 e. The molecule has 0 spiro atoms. The highest BCUT2D eigenvalue weighted by Gasteiger charge is 2.01. The first-order valence-corrected chi connectivity index (χ1v) is 5.89. The fourth-order valence-electron chi connectivity index (χ4n) is 1.81. The first kappa shape index (κ1) is 13.0. The van der Waals surface area contributed by atoms with Crippen molar-refractivity contribution in [1.82, 2.24) is 4.98 Å². The molecule has 0 atom stereocenters. The maximum atomic E-state index is 13.0. The predicted molar refractivity (Wildman–Crippen MR) is 71.3 cm³/mol. The predicted octanol–water partition coefficient (Wildman–Crippen LogP) is 2.50. The van der Waals surface area contributed by atoms with E-state index < -0.39 is 6.03 Å². The van der Waals surface area contributed by atoms with E-state index in [9.17, 15) is 9.18 Å². The number of nitrogens with one attached hydrogen (secondary N) is 1. The molecule has 0 unspecified atom stereocenters. The summed E-state index contributed by atoms with van der Waals surface area (Å²) in [6.45, 7) is 0. The van der Waals surface area contributed by atoms with Crippen LogP contribution < -0.4 is 11.1 Å². The van der Waals surface area contributed by atoms with Gasteiger partial charge in [-0.2, -0.15) is 0 Å². The lowest BCUT2D eigenvalue weighted by atomic mass is 10.1. The third-order valence-corrected chi connectivity index (χ3v) is 2.67. The Labute approximate surface area is 110 Å². The Morgan fingerprint density at radius 1 is 1.21 bits per heavy atom. The number of benzene rings is 1. The number of aromatic nitrogens is 1. The van der Waals surface area contributed by atoms with Gasteiger partial charge in [0.05, 0.1) is 0 Å². The molecule has 19 heavy (non-hydrogen) atoms. The molecule has 0 bridgehead atoms. The van der Waals surface area contributed by atoms with E-state index in [0.717, 1.165) is 24.0 Å². The summed E-state index contributed by atoms with van der Waals surface area (Å²) in [5, 5.41) is 2.42. The molecule has 1 aromatic carbocycles. The van der Waals surface area contributed by atoms with Gasteiger partial charge in [0.1, 0.15) is 11.6 Å². The highest BCUT2D eigenvalue weighted by Crippen LogP contribution is 2.11. The van der Waals surface area contributed by atoms with E-state index in [1.165, 1.54) is 12.1 Å². The van der Waals surface area contributed by atoms with Crippen LogP contribution in [-0.4, -0.2) is 11.0 Å². The summed E-state index contributed by atoms with van der Waals surface area (Å²) < 4.78 is 13.0. The summed E-state index contributed by atoms with van der Waals surface area (Å²) in [5.74, 6) is 0.188. The minimum absolute atomic E-state index is 0.233. The Morgan fingerprint density at radius 3 is 2.63 bits per heavy atom. The second kappa shape index (κ2) is 5.95. The van der Waals surface area contributed by atoms with Gasteiger partial charge in [-0.1, -0.05) is 12.1 Å². The maximum Gasteiger partial charge on any atom is 0.317 e. The number of rotatable bonds is 4. The van der Waals surface area contributed by atoms with E-state index in [-0.39, 0.29) is 5.82 Å². The van der Waals surface area contributed by atoms with Gasteiger partial charge in [-0.15, -0.1) is 0 Å². The van der Waals surface area contributed by atoms with Crippen molar-refractivity contribution >= 4 is 11.8 Å². The van der Waals surface area contributed by atoms with Crippen LogP contribution >= 0.6 is 0 Å². The maximum absolute atomic E-state index is 13.0. The summed E-state index contributed by atoms with van der Waals surface area (Å²) in [7, 11) is 0. The van der Waals surface area contributed by atoms with Crippen LogP contribution in [0.1, 0.15) is 11.1 Å². The van der Waals surface area contributed by atoms with Gasteiger partial charge in [-0.25, -0.2) is 14.2 Å². The van der Waals surface area contributed by atoms with E-state index in [2.05, 4.69) is 10.3 Å². The lowest BCUT2D eigenvalue weighted by Gasteiger charge is -2.05. The molecule has 0 radical (unpaired) electrons. The number of pyridine rings is 1. The summed E-state index contributed by atoms with van der Waals surface area (Å²) in [5.41, 5.74) is 6.96. The monoisotopic (exact) mass is 259 g/mol. The first-order chi connectivity index (χ1) is 9.13. The summed E-state index contributed by atoms with van der Waals surface area (Å²) in [6.07, 6.45) is 3.06. The number of aryl methyl sites for hydroxylation is 2. The average molecular weight is 259 g/mol. The van der Waals surface area contributed by atoms with Gasteiger partial charge in [-0.3, -0.25) is 5.32 Å². The Hall–Kier alpha value is -2.43. The van der Waals surface area contributed by atoms with Crippen molar-refractivity contribution in [3.63, 3.8) is 0 Å². The van der Waals surface area contributed by atoms with Crippen molar-refractivity contribution in [2.24, 2.45) is 5.73 Å². The third-order valence-electron chi connectivity index (χ3n) is 2.67. The molecule has 2 amide bonds. The fraction of sp³-hybridized carbons (Fsp3) is 0.143. The molecule has 0 aliphatic heterocycles. The quantitative estimate of drug-likeness (QED) is 0.885. The van der Waals surface area contributed by atoms with Crippen molar-refractivity contribution in [1.29, 1.82) is 0 Å². The SMILES string of the molecule is NC(=O)Nc1cc(CCc2cccc(F)c2)ccn1. The molecule has 0 aliphatic carbocycles. The van der Waals surface area contributed by atoms with E-state index in [1.54, 1.807) is 18.3 Å². The van der Waals surface area contributed by atoms with Crippen LogP contribution in [0.3, 0.4) is 0 Å². The number of carbonyl (C=O) groups excluding carboxylic acids is 1. The van der Waals surface area contributed by atoms with Gasteiger partial charge >= 0.3 is 6.03 Å². The second-order valence-electron chi connectivity index (χ2n) is 4.17. The number of nitrogens with two attached hydrogens (primary N) is 1. The number of primary amides is 1. The van der Waals surface area contributed by atoms with Crippen LogP contribution in [0.5, 0.6) is 0 Å². The number of amides is 2. The molecule has 5 heteroatoms. The Balaban J connectivity index is 2.01. The molecule has 1 aromatic heterocycles. The molecular weight excluding hydrogens is 245 g/mol. The van der Waals surface area contributed by atoms with Gasteiger partial charge in [0.25, 0.3) is 0 Å². The van der Waals surface area contributed by atoms with Gasteiger partial charge in [0, 0.05) is 6.20 Å². The zero-order valence-electron chi connectivity index (χ0n) is 10.3. The van der Waals surface area contributed by atoms with Crippen molar-refractivity contribution in [3.05, 3.63) is 59.5 Å². The molecule has 0 saturated carbocycles. The number of nitrogens with zero attached hydrogens (tertiary/aromatic N) is 1. The molecule has 0 saturated heterocycles. The van der Waals surface area contributed by atoms with Crippen LogP contribution in [0.2, 0.25) is 0 Å². The fourth-order valence-corrected chi connectivity index (χ4v) is 1.81. The van der Waals surface area contributed by atoms with Crippen LogP contribution in [0, 0.1) is 5.82 Å².